The van der Waals surface area contributed by atoms with Gasteiger partial charge in [0, 0.05) is 19.7 Å². The van der Waals surface area contributed by atoms with E-state index in [-0.39, 0.29) is 6.16 Å². The van der Waals surface area contributed by atoms with E-state index in [9.17, 15) is 9.46 Å². The van der Waals surface area contributed by atoms with Gasteiger partial charge < -0.3 is 24.6 Å². The molecule has 0 radical (unpaired) electrons. The lowest BCUT2D eigenvalue weighted by Gasteiger charge is -2.20. The number of unbranched alkanes of at least 4 members (excludes halogenated alkanes) is 20. The van der Waals surface area contributed by atoms with Gasteiger partial charge >= 0.3 is 0 Å². The third kappa shape index (κ3) is 36.1. The Morgan fingerprint density at radius 1 is 0.595 bits per heavy atom. The molecule has 0 saturated heterocycles. The van der Waals surface area contributed by atoms with Crippen molar-refractivity contribution in [2.24, 2.45) is 5.73 Å². The molecule has 6 heteroatoms. The maximum absolute atomic E-state index is 11.1. The minimum atomic E-state index is -3.50. The van der Waals surface area contributed by atoms with Gasteiger partial charge in [-0.2, -0.15) is 0 Å². The lowest BCUT2D eigenvalue weighted by molar-refractivity contribution is -0.879. The van der Waals surface area contributed by atoms with Gasteiger partial charge in [0.15, 0.2) is 0 Å². The van der Waals surface area contributed by atoms with E-state index < -0.39 is 7.60 Å². The van der Waals surface area contributed by atoms with Crippen molar-refractivity contribution >= 4 is 7.60 Å². The van der Waals surface area contributed by atoms with Gasteiger partial charge in [0.05, 0.1) is 20.1 Å². The van der Waals surface area contributed by atoms with Crippen LogP contribution in [0.2, 0.25) is 0 Å². The summed E-state index contributed by atoms with van der Waals surface area (Å²) in [4.78, 5) is 12.7. The highest BCUT2D eigenvalue weighted by Crippen LogP contribution is 2.36. The molecule has 0 aromatic heterocycles. The summed E-state index contributed by atoms with van der Waals surface area (Å²) in [5.74, 6) is 0. The molecule has 3 N–H and O–H groups in total. The average molecular weight is 549 g/mol. The van der Waals surface area contributed by atoms with E-state index in [1.165, 1.54) is 149 Å². The van der Waals surface area contributed by atoms with Crippen LogP contribution in [0.15, 0.2) is 0 Å². The van der Waals surface area contributed by atoms with E-state index in [1.54, 1.807) is 4.90 Å². The van der Waals surface area contributed by atoms with Gasteiger partial charge in [-0.15, -0.1) is 0 Å². The number of quaternary nitrogens is 1. The van der Waals surface area contributed by atoms with Gasteiger partial charge in [0.1, 0.15) is 7.60 Å². The fourth-order valence-electron chi connectivity index (χ4n) is 4.68. The zero-order valence-corrected chi connectivity index (χ0v) is 26.7. The molecule has 0 amide bonds. The van der Waals surface area contributed by atoms with Gasteiger partial charge in [-0.05, 0) is 25.8 Å². The molecule has 0 aliphatic heterocycles. The molecule has 37 heavy (non-hydrogen) atoms. The molecule has 0 bridgehead atoms. The fraction of sp³-hybridized carbons (Fsp3) is 1.00. The number of nitrogens with two attached hydrogens (primary N) is 1. The van der Waals surface area contributed by atoms with Crippen molar-refractivity contribution in [3.05, 3.63) is 0 Å². The average Bonchev–Trinajstić information content (AvgIpc) is 2.89. The molecule has 0 heterocycles. The van der Waals surface area contributed by atoms with Crippen LogP contribution in [0, 0.1) is 0 Å². The third-order valence-electron chi connectivity index (χ3n) is 7.33. The van der Waals surface area contributed by atoms with Gasteiger partial charge in [-0.25, -0.2) is 0 Å². The van der Waals surface area contributed by atoms with Crippen LogP contribution >= 0.6 is 7.60 Å². The zero-order valence-electron chi connectivity index (χ0n) is 25.8. The molecule has 0 spiro atoms. The van der Waals surface area contributed by atoms with Gasteiger partial charge in [0.25, 0.3) is 0 Å². The van der Waals surface area contributed by atoms with Crippen molar-refractivity contribution in [3.8, 4) is 0 Å². The Labute approximate surface area is 233 Å². The third-order valence-corrected chi connectivity index (χ3v) is 8.75. The Morgan fingerprint density at radius 2 is 0.919 bits per heavy atom. The first-order valence-corrected chi connectivity index (χ1v) is 18.0. The van der Waals surface area contributed by atoms with Crippen molar-refractivity contribution < 1.29 is 18.9 Å². The lowest BCUT2D eigenvalue weighted by Crippen LogP contribution is -3.09. The van der Waals surface area contributed by atoms with E-state index in [1.807, 2.05) is 0 Å². The summed E-state index contributed by atoms with van der Waals surface area (Å²) >= 11 is 0. The first-order valence-electron chi connectivity index (χ1n) is 16.3. The highest BCUT2D eigenvalue weighted by molar-refractivity contribution is 7.51. The molecule has 2 unspecified atom stereocenters. The monoisotopic (exact) mass is 549 g/mol. The molecule has 0 aliphatic carbocycles. The lowest BCUT2D eigenvalue weighted by atomic mass is 10.1. The Morgan fingerprint density at radius 3 is 1.27 bits per heavy atom. The quantitative estimate of drug-likeness (QED) is 0.0777. The van der Waals surface area contributed by atoms with Crippen LogP contribution in [0.5, 0.6) is 0 Å². The minimum Gasteiger partial charge on any atom is -0.779 e. The zero-order chi connectivity index (χ0) is 27.9. The van der Waals surface area contributed by atoms with E-state index >= 15 is 0 Å². The SMILES string of the molecule is CCCCCCCCCCCCCCP(=O)([O-])OC.CCCCCCCCCCCC[NH+](C)CCCN. The molecule has 0 aromatic rings. The van der Waals surface area contributed by atoms with Crippen LogP contribution in [-0.4, -0.2) is 40.0 Å². The standard InChI is InChI=1S/C16H36N2.C15H33O3P/c1-3-4-5-6-7-8-9-10-11-12-15-18(2)16-13-14-17;1-3-4-5-6-7-8-9-10-11-12-13-14-15-19(16,17)18-2/h3-17H2,1-2H3;3-15H2,1-2H3,(H,16,17). The van der Waals surface area contributed by atoms with E-state index in [0.29, 0.717) is 0 Å². The molecular formula is C31H69N2O3P. The van der Waals surface area contributed by atoms with Gasteiger partial charge in [-0.3, -0.25) is 0 Å². The molecule has 0 aromatic carbocycles. The molecule has 2 atom stereocenters. The maximum atomic E-state index is 11.1. The van der Waals surface area contributed by atoms with E-state index in [4.69, 9.17) is 5.73 Å². The van der Waals surface area contributed by atoms with Crippen molar-refractivity contribution in [2.45, 2.75) is 162 Å². The summed E-state index contributed by atoms with van der Waals surface area (Å²) in [6.45, 7) is 7.95. The summed E-state index contributed by atoms with van der Waals surface area (Å²) in [7, 11) is 0.0361. The molecule has 0 aliphatic rings. The predicted molar refractivity (Wildman–Crippen MR) is 163 cm³/mol. The van der Waals surface area contributed by atoms with Crippen LogP contribution in [-0.2, 0) is 9.09 Å². The molecule has 0 rings (SSSR count). The second-order valence-corrected chi connectivity index (χ2v) is 13.2. The maximum Gasteiger partial charge on any atom is 0.134 e. The first-order chi connectivity index (χ1) is 17.9. The summed E-state index contributed by atoms with van der Waals surface area (Å²) in [5.41, 5.74) is 5.52. The Balaban J connectivity index is 0. The second-order valence-electron chi connectivity index (χ2n) is 11.2. The van der Waals surface area contributed by atoms with Crippen molar-refractivity contribution in [1.82, 2.24) is 0 Å². The summed E-state index contributed by atoms with van der Waals surface area (Å²) in [5, 5.41) is 0. The number of nitrogens with one attached hydrogen (secondary N) is 1. The van der Waals surface area contributed by atoms with Crippen molar-refractivity contribution in [3.63, 3.8) is 0 Å². The van der Waals surface area contributed by atoms with Gasteiger partial charge in [0.2, 0.25) is 0 Å². The summed E-state index contributed by atoms with van der Waals surface area (Å²) in [6.07, 6.45) is 30.7. The highest BCUT2D eigenvalue weighted by atomic mass is 31.2. The fourth-order valence-corrected chi connectivity index (χ4v) is 5.47. The topological polar surface area (TPSA) is 79.8 Å². The first kappa shape index (κ1) is 39.2. The molecule has 226 valence electrons. The van der Waals surface area contributed by atoms with Crippen LogP contribution in [0.4, 0.5) is 0 Å². The molecule has 0 fully saturated rings. The predicted octanol–water partition coefficient (Wildman–Crippen LogP) is 7.66. The number of hydrogen-bond acceptors (Lipinski definition) is 4. The molecular weight excluding hydrogens is 479 g/mol. The van der Waals surface area contributed by atoms with E-state index in [2.05, 4.69) is 25.4 Å². The van der Waals surface area contributed by atoms with Crippen LogP contribution in [0.1, 0.15) is 162 Å². The van der Waals surface area contributed by atoms with E-state index in [0.717, 1.165) is 25.8 Å². The Bertz CT molecular complexity index is 466. The summed E-state index contributed by atoms with van der Waals surface area (Å²) < 4.78 is 15.5. The van der Waals surface area contributed by atoms with Crippen molar-refractivity contribution in [1.29, 1.82) is 0 Å². The van der Waals surface area contributed by atoms with Gasteiger partial charge in [-0.1, -0.05) is 136 Å². The number of hydrogen-bond donors (Lipinski definition) is 2. The Kier molecular flexibility index (Phi) is 34.2. The molecule has 0 saturated carbocycles. The highest BCUT2D eigenvalue weighted by Gasteiger charge is 2.04. The minimum absolute atomic E-state index is 0.195. The largest absolute Gasteiger partial charge is 0.779 e. The Hall–Kier alpha value is 0.0700. The molecule has 5 nitrogen and oxygen atoms in total. The number of rotatable bonds is 28. The van der Waals surface area contributed by atoms with Crippen LogP contribution < -0.4 is 15.5 Å². The second kappa shape index (κ2) is 32.3. The smallest absolute Gasteiger partial charge is 0.134 e. The van der Waals surface area contributed by atoms with Crippen LogP contribution in [0.3, 0.4) is 0 Å². The normalized spacial score (nSPS) is 13.7. The van der Waals surface area contributed by atoms with Crippen LogP contribution in [0.25, 0.3) is 0 Å². The van der Waals surface area contributed by atoms with Crippen molar-refractivity contribution in [2.75, 3.05) is 40.0 Å². The summed E-state index contributed by atoms with van der Waals surface area (Å²) in [6, 6.07) is 0.